The maximum absolute atomic E-state index is 13.5. The summed E-state index contributed by atoms with van der Waals surface area (Å²) in [5.74, 6) is -2.26. The number of amides is 2. The monoisotopic (exact) mass is 486 g/mol. The molecule has 174 valence electrons. The molecule has 3 aromatic carbocycles. The van der Waals surface area contributed by atoms with E-state index in [1.165, 1.54) is 17.2 Å². The lowest BCUT2D eigenvalue weighted by Gasteiger charge is -2.29. The number of anilines is 2. The molecule has 0 bridgehead atoms. The van der Waals surface area contributed by atoms with Gasteiger partial charge < -0.3 is 0 Å². The topological polar surface area (TPSA) is 49.9 Å². The van der Waals surface area contributed by atoms with Crippen LogP contribution >= 0.6 is 11.6 Å². The molecule has 34 heavy (non-hydrogen) atoms. The SMILES string of the molecule is Cc1ccc(C2C3C(=O)N(c4cccc(C(F)(F)F)c4)C(=O)C3ON2c2ccc(Cl)cc2)cc1. The number of benzene rings is 3. The summed E-state index contributed by atoms with van der Waals surface area (Å²) >= 11 is 6.01. The van der Waals surface area contributed by atoms with Gasteiger partial charge in [-0.05, 0) is 55.0 Å². The van der Waals surface area contributed by atoms with Gasteiger partial charge in [-0.1, -0.05) is 47.5 Å². The van der Waals surface area contributed by atoms with E-state index in [2.05, 4.69) is 0 Å². The Morgan fingerprint density at radius 2 is 1.56 bits per heavy atom. The quantitative estimate of drug-likeness (QED) is 0.444. The van der Waals surface area contributed by atoms with Crippen LogP contribution in [0.1, 0.15) is 22.7 Å². The zero-order chi connectivity index (χ0) is 24.2. The molecule has 0 aromatic heterocycles. The number of halogens is 4. The van der Waals surface area contributed by atoms with Gasteiger partial charge in [-0.2, -0.15) is 13.2 Å². The average molecular weight is 487 g/mol. The first-order chi connectivity index (χ1) is 16.1. The lowest BCUT2D eigenvalue weighted by atomic mass is 9.90. The lowest BCUT2D eigenvalue weighted by Crippen LogP contribution is -2.37. The van der Waals surface area contributed by atoms with Gasteiger partial charge >= 0.3 is 6.18 Å². The predicted molar refractivity (Wildman–Crippen MR) is 120 cm³/mol. The van der Waals surface area contributed by atoms with Crippen molar-refractivity contribution in [3.8, 4) is 0 Å². The second kappa shape index (κ2) is 8.14. The molecule has 2 aliphatic rings. The van der Waals surface area contributed by atoms with E-state index < -0.39 is 41.6 Å². The highest BCUT2D eigenvalue weighted by Gasteiger charge is 2.60. The van der Waals surface area contributed by atoms with Gasteiger partial charge in [0.15, 0.2) is 6.10 Å². The van der Waals surface area contributed by atoms with Crippen molar-refractivity contribution in [2.45, 2.75) is 25.2 Å². The van der Waals surface area contributed by atoms with E-state index in [-0.39, 0.29) is 5.69 Å². The van der Waals surface area contributed by atoms with E-state index in [4.69, 9.17) is 16.4 Å². The van der Waals surface area contributed by atoms with Gasteiger partial charge in [0.25, 0.3) is 5.91 Å². The maximum Gasteiger partial charge on any atom is 0.416 e. The van der Waals surface area contributed by atoms with Crippen molar-refractivity contribution in [3.63, 3.8) is 0 Å². The minimum atomic E-state index is -4.61. The molecule has 9 heteroatoms. The number of hydrogen-bond acceptors (Lipinski definition) is 4. The average Bonchev–Trinajstić information content (AvgIpc) is 3.30. The molecule has 5 rings (SSSR count). The van der Waals surface area contributed by atoms with Crippen molar-refractivity contribution in [1.82, 2.24) is 0 Å². The summed E-state index contributed by atoms with van der Waals surface area (Å²) in [5.41, 5.74) is 1.26. The van der Waals surface area contributed by atoms with Crippen LogP contribution in [0.3, 0.4) is 0 Å². The van der Waals surface area contributed by atoms with E-state index in [1.54, 1.807) is 24.3 Å². The Bertz CT molecular complexity index is 1260. The number of aryl methyl sites for hydroxylation is 1. The summed E-state index contributed by atoms with van der Waals surface area (Å²) in [6.07, 6.45) is -5.78. The van der Waals surface area contributed by atoms with Crippen molar-refractivity contribution in [3.05, 3.63) is 94.5 Å². The van der Waals surface area contributed by atoms with Crippen LogP contribution < -0.4 is 9.96 Å². The highest BCUT2D eigenvalue weighted by atomic mass is 35.5. The van der Waals surface area contributed by atoms with Gasteiger partial charge in [0, 0.05) is 5.02 Å². The molecule has 5 nitrogen and oxygen atoms in total. The number of alkyl halides is 3. The molecule has 0 saturated carbocycles. The third-order valence-corrected chi connectivity index (χ3v) is 6.30. The Morgan fingerprint density at radius 1 is 0.882 bits per heavy atom. The van der Waals surface area contributed by atoms with E-state index in [9.17, 15) is 22.8 Å². The molecule has 0 N–H and O–H groups in total. The predicted octanol–water partition coefficient (Wildman–Crippen LogP) is 5.72. The molecule has 2 heterocycles. The Morgan fingerprint density at radius 3 is 2.21 bits per heavy atom. The van der Waals surface area contributed by atoms with Gasteiger partial charge in [-0.3, -0.25) is 14.4 Å². The first kappa shape index (κ1) is 22.4. The highest BCUT2D eigenvalue weighted by Crippen LogP contribution is 2.48. The third-order valence-electron chi connectivity index (χ3n) is 6.05. The normalized spacial score (nSPS) is 22.4. The molecule has 2 aliphatic heterocycles. The molecule has 2 amide bonds. The van der Waals surface area contributed by atoms with Gasteiger partial charge in [-0.15, -0.1) is 0 Å². The summed E-state index contributed by atoms with van der Waals surface area (Å²) in [4.78, 5) is 33.6. The lowest BCUT2D eigenvalue weighted by molar-refractivity contribution is -0.137. The molecule has 3 atom stereocenters. The molecule has 2 fully saturated rings. The second-order valence-corrected chi connectivity index (χ2v) is 8.71. The van der Waals surface area contributed by atoms with Crippen LogP contribution in [0.5, 0.6) is 0 Å². The van der Waals surface area contributed by atoms with E-state index in [0.717, 1.165) is 28.2 Å². The highest BCUT2D eigenvalue weighted by molar-refractivity contribution is 6.30. The van der Waals surface area contributed by atoms with E-state index >= 15 is 0 Å². The van der Waals surface area contributed by atoms with Crippen LogP contribution in [-0.2, 0) is 20.6 Å². The summed E-state index contributed by atoms with van der Waals surface area (Å²) < 4.78 is 39.7. The molecule has 2 saturated heterocycles. The van der Waals surface area contributed by atoms with Gasteiger partial charge in [0.1, 0.15) is 5.92 Å². The van der Waals surface area contributed by atoms with Crippen molar-refractivity contribution in [1.29, 1.82) is 0 Å². The summed E-state index contributed by atoms with van der Waals surface area (Å²) in [6, 6.07) is 17.7. The summed E-state index contributed by atoms with van der Waals surface area (Å²) in [7, 11) is 0. The van der Waals surface area contributed by atoms with Crippen LogP contribution in [0.15, 0.2) is 72.8 Å². The fourth-order valence-corrected chi connectivity index (χ4v) is 4.53. The maximum atomic E-state index is 13.5. The fraction of sp³-hybridized carbons (Fsp3) is 0.200. The number of carbonyl (C=O) groups is 2. The third kappa shape index (κ3) is 3.73. The Kier molecular flexibility index (Phi) is 5.37. The number of hydrogen-bond donors (Lipinski definition) is 0. The zero-order valence-corrected chi connectivity index (χ0v) is 18.5. The standard InChI is InChI=1S/C25H18ClF3N2O3/c1-14-5-7-15(8-6-14)21-20-22(34-31(21)18-11-9-17(26)10-12-18)24(33)30(23(20)32)19-4-2-3-16(13-19)25(27,28)29/h2-13,20-22H,1H3. The Hall–Kier alpha value is -3.36. The van der Waals surface area contributed by atoms with Crippen LogP contribution in [0, 0.1) is 12.8 Å². The smallest absolute Gasteiger partial charge is 0.273 e. The number of rotatable bonds is 3. The van der Waals surface area contributed by atoms with Crippen molar-refractivity contribution in [2.24, 2.45) is 5.92 Å². The van der Waals surface area contributed by atoms with Gasteiger partial charge in [0.05, 0.1) is 23.0 Å². The minimum Gasteiger partial charge on any atom is -0.273 e. The molecule has 0 spiro atoms. The minimum absolute atomic E-state index is 0.136. The number of imide groups is 1. The number of fused-ring (bicyclic) bond motifs is 1. The van der Waals surface area contributed by atoms with Crippen molar-refractivity contribution >= 4 is 34.8 Å². The van der Waals surface area contributed by atoms with Crippen LogP contribution in [0.4, 0.5) is 24.5 Å². The number of nitrogens with zero attached hydrogens (tertiary/aromatic N) is 2. The van der Waals surface area contributed by atoms with Crippen LogP contribution in [0.25, 0.3) is 0 Å². The number of hydroxylamine groups is 1. The molecule has 0 radical (unpaired) electrons. The molecular weight excluding hydrogens is 469 g/mol. The first-order valence-corrected chi connectivity index (χ1v) is 10.9. The molecular formula is C25H18ClF3N2O3. The van der Waals surface area contributed by atoms with Gasteiger partial charge in [-0.25, -0.2) is 9.96 Å². The van der Waals surface area contributed by atoms with Crippen molar-refractivity contribution in [2.75, 3.05) is 9.96 Å². The van der Waals surface area contributed by atoms with Crippen LogP contribution in [0.2, 0.25) is 5.02 Å². The fourth-order valence-electron chi connectivity index (χ4n) is 4.40. The Balaban J connectivity index is 1.57. The van der Waals surface area contributed by atoms with E-state index in [1.807, 2.05) is 31.2 Å². The number of carbonyl (C=O) groups excluding carboxylic acids is 2. The summed E-state index contributed by atoms with van der Waals surface area (Å²) in [5, 5.41) is 2.02. The molecule has 0 aliphatic carbocycles. The summed E-state index contributed by atoms with van der Waals surface area (Å²) in [6.45, 7) is 1.92. The Labute approximate surface area is 198 Å². The molecule has 3 aromatic rings. The second-order valence-electron chi connectivity index (χ2n) is 8.27. The largest absolute Gasteiger partial charge is 0.416 e. The zero-order valence-electron chi connectivity index (χ0n) is 17.8. The van der Waals surface area contributed by atoms with Gasteiger partial charge in [0.2, 0.25) is 5.91 Å². The van der Waals surface area contributed by atoms with Crippen LogP contribution in [-0.4, -0.2) is 17.9 Å². The van der Waals surface area contributed by atoms with Crippen molar-refractivity contribution < 1.29 is 27.6 Å². The first-order valence-electron chi connectivity index (χ1n) is 10.5. The molecule has 3 unspecified atom stereocenters. The van der Waals surface area contributed by atoms with E-state index in [0.29, 0.717) is 10.7 Å².